The molecule has 18 heavy (non-hydrogen) atoms. The SMILES string of the molecule is COC(=O)c1ccc2cc(/C=C/C=O)ccc2c1. The van der Waals surface area contributed by atoms with E-state index < -0.39 is 0 Å². The lowest BCUT2D eigenvalue weighted by Gasteiger charge is -2.03. The first kappa shape index (κ1) is 12.0. The molecular formula is C15H12O3. The number of methoxy groups -OCH3 is 1. The molecule has 0 aliphatic carbocycles. The molecule has 0 saturated carbocycles. The second-order valence-corrected chi connectivity index (χ2v) is 3.81. The van der Waals surface area contributed by atoms with Gasteiger partial charge in [0.1, 0.15) is 6.29 Å². The Bertz CT molecular complexity index is 627. The van der Waals surface area contributed by atoms with Gasteiger partial charge < -0.3 is 4.74 Å². The normalized spacial score (nSPS) is 10.7. The fourth-order valence-electron chi connectivity index (χ4n) is 1.76. The van der Waals surface area contributed by atoms with E-state index in [0.29, 0.717) is 5.56 Å². The minimum atomic E-state index is -0.346. The quantitative estimate of drug-likeness (QED) is 0.470. The maximum atomic E-state index is 11.4. The van der Waals surface area contributed by atoms with Gasteiger partial charge in [-0.3, -0.25) is 4.79 Å². The average molecular weight is 240 g/mol. The van der Waals surface area contributed by atoms with Gasteiger partial charge in [-0.1, -0.05) is 24.3 Å². The zero-order valence-electron chi connectivity index (χ0n) is 9.92. The summed E-state index contributed by atoms with van der Waals surface area (Å²) >= 11 is 0. The lowest BCUT2D eigenvalue weighted by molar-refractivity contribution is -0.104. The lowest BCUT2D eigenvalue weighted by atomic mass is 10.0. The monoisotopic (exact) mass is 240 g/mol. The Labute approximate surface area is 105 Å². The molecule has 0 aliphatic rings. The highest BCUT2D eigenvalue weighted by atomic mass is 16.5. The maximum Gasteiger partial charge on any atom is 0.337 e. The summed E-state index contributed by atoms with van der Waals surface area (Å²) < 4.78 is 4.67. The van der Waals surface area contributed by atoms with Crippen LogP contribution >= 0.6 is 0 Å². The van der Waals surface area contributed by atoms with Crippen LogP contribution in [0.3, 0.4) is 0 Å². The third kappa shape index (κ3) is 2.46. The second kappa shape index (κ2) is 5.27. The van der Waals surface area contributed by atoms with Crippen LogP contribution in [0.25, 0.3) is 16.8 Å². The van der Waals surface area contributed by atoms with Gasteiger partial charge in [0.05, 0.1) is 12.7 Å². The summed E-state index contributed by atoms with van der Waals surface area (Å²) in [7, 11) is 1.36. The minimum absolute atomic E-state index is 0.346. The van der Waals surface area contributed by atoms with Crippen LogP contribution < -0.4 is 0 Å². The van der Waals surface area contributed by atoms with E-state index in [1.54, 1.807) is 18.2 Å². The Balaban J connectivity index is 2.44. The molecule has 0 saturated heterocycles. The summed E-state index contributed by atoms with van der Waals surface area (Å²) in [5.74, 6) is -0.346. The number of esters is 1. The van der Waals surface area contributed by atoms with Crippen LogP contribution in [0.1, 0.15) is 15.9 Å². The van der Waals surface area contributed by atoms with Crippen molar-refractivity contribution in [2.75, 3.05) is 7.11 Å². The van der Waals surface area contributed by atoms with Crippen molar-refractivity contribution in [3.8, 4) is 0 Å². The van der Waals surface area contributed by atoms with Crippen LogP contribution in [-0.4, -0.2) is 19.4 Å². The summed E-state index contributed by atoms with van der Waals surface area (Å²) in [6.07, 6.45) is 3.93. The maximum absolute atomic E-state index is 11.4. The molecule has 0 heterocycles. The number of allylic oxidation sites excluding steroid dienone is 1. The molecule has 0 amide bonds. The highest BCUT2D eigenvalue weighted by Gasteiger charge is 2.05. The Morgan fingerprint density at radius 3 is 2.56 bits per heavy atom. The molecular weight excluding hydrogens is 228 g/mol. The summed E-state index contributed by atoms with van der Waals surface area (Å²) in [5.41, 5.74) is 1.47. The standard InChI is InChI=1S/C15H12O3/c1-18-15(17)14-7-6-12-9-11(3-2-8-16)4-5-13(12)10-14/h2-10H,1H3/b3-2+. The molecule has 0 fully saturated rings. The molecule has 0 spiro atoms. The number of carbonyl (C=O) groups excluding carboxylic acids is 2. The molecule has 0 radical (unpaired) electrons. The van der Waals surface area contributed by atoms with Crippen molar-refractivity contribution >= 4 is 29.1 Å². The van der Waals surface area contributed by atoms with Crippen LogP contribution in [0.5, 0.6) is 0 Å². The summed E-state index contributed by atoms with van der Waals surface area (Å²) in [6, 6.07) is 11.1. The molecule has 2 aromatic carbocycles. The summed E-state index contributed by atoms with van der Waals surface area (Å²) in [6.45, 7) is 0. The highest BCUT2D eigenvalue weighted by molar-refractivity contribution is 5.96. The smallest absolute Gasteiger partial charge is 0.337 e. The van der Waals surface area contributed by atoms with E-state index in [1.165, 1.54) is 13.2 Å². The molecule has 0 N–H and O–H groups in total. The Morgan fingerprint density at radius 1 is 1.11 bits per heavy atom. The van der Waals surface area contributed by atoms with E-state index in [0.717, 1.165) is 22.6 Å². The van der Waals surface area contributed by atoms with Gasteiger partial charge in [-0.2, -0.15) is 0 Å². The second-order valence-electron chi connectivity index (χ2n) is 3.81. The molecule has 0 atom stereocenters. The number of benzene rings is 2. The summed E-state index contributed by atoms with van der Waals surface area (Å²) in [5, 5.41) is 1.97. The van der Waals surface area contributed by atoms with E-state index >= 15 is 0 Å². The van der Waals surface area contributed by atoms with Gasteiger partial charge in [-0.05, 0) is 40.6 Å². The van der Waals surface area contributed by atoms with E-state index in [2.05, 4.69) is 4.74 Å². The third-order valence-corrected chi connectivity index (χ3v) is 2.65. The molecule has 2 rings (SSSR count). The molecule has 90 valence electrons. The van der Waals surface area contributed by atoms with Crippen LogP contribution in [0, 0.1) is 0 Å². The molecule has 0 bridgehead atoms. The van der Waals surface area contributed by atoms with Gasteiger partial charge in [-0.25, -0.2) is 4.79 Å². The van der Waals surface area contributed by atoms with Crippen molar-refractivity contribution in [2.24, 2.45) is 0 Å². The summed E-state index contributed by atoms with van der Waals surface area (Å²) in [4.78, 5) is 21.6. The van der Waals surface area contributed by atoms with E-state index in [9.17, 15) is 9.59 Å². The lowest BCUT2D eigenvalue weighted by Crippen LogP contribution is -2.00. The third-order valence-electron chi connectivity index (χ3n) is 2.65. The average Bonchev–Trinajstić information content (AvgIpc) is 2.43. The molecule has 3 nitrogen and oxygen atoms in total. The minimum Gasteiger partial charge on any atom is -0.465 e. The fourth-order valence-corrected chi connectivity index (χ4v) is 1.76. The van der Waals surface area contributed by atoms with Gasteiger partial charge >= 0.3 is 5.97 Å². The van der Waals surface area contributed by atoms with Gasteiger partial charge in [0.2, 0.25) is 0 Å². The largest absolute Gasteiger partial charge is 0.465 e. The first-order valence-corrected chi connectivity index (χ1v) is 5.48. The van der Waals surface area contributed by atoms with Crippen molar-refractivity contribution in [3.63, 3.8) is 0 Å². The molecule has 0 aromatic heterocycles. The van der Waals surface area contributed by atoms with Crippen molar-refractivity contribution in [1.82, 2.24) is 0 Å². The van der Waals surface area contributed by atoms with Crippen molar-refractivity contribution in [2.45, 2.75) is 0 Å². The Kier molecular flexibility index (Phi) is 3.53. The van der Waals surface area contributed by atoms with E-state index in [1.807, 2.05) is 24.3 Å². The van der Waals surface area contributed by atoms with Crippen molar-refractivity contribution in [3.05, 3.63) is 53.6 Å². The molecule has 0 aliphatic heterocycles. The first-order valence-electron chi connectivity index (χ1n) is 5.48. The van der Waals surface area contributed by atoms with E-state index in [-0.39, 0.29) is 5.97 Å². The number of carbonyl (C=O) groups is 2. The van der Waals surface area contributed by atoms with Crippen LogP contribution in [0.15, 0.2) is 42.5 Å². The molecule has 2 aromatic rings. The number of hydrogen-bond acceptors (Lipinski definition) is 3. The predicted octanol–water partition coefficient (Wildman–Crippen LogP) is 2.84. The molecule has 3 heteroatoms. The fraction of sp³-hybridized carbons (Fsp3) is 0.0667. The van der Waals surface area contributed by atoms with Crippen LogP contribution in [0.4, 0.5) is 0 Å². The number of rotatable bonds is 3. The zero-order valence-corrected chi connectivity index (χ0v) is 9.92. The number of fused-ring (bicyclic) bond motifs is 1. The predicted molar refractivity (Wildman–Crippen MR) is 70.4 cm³/mol. The van der Waals surface area contributed by atoms with Crippen LogP contribution in [0.2, 0.25) is 0 Å². The van der Waals surface area contributed by atoms with Crippen molar-refractivity contribution in [1.29, 1.82) is 0 Å². The number of ether oxygens (including phenoxy) is 1. The van der Waals surface area contributed by atoms with Gasteiger partial charge in [-0.15, -0.1) is 0 Å². The topological polar surface area (TPSA) is 43.4 Å². The Hall–Kier alpha value is -2.42. The van der Waals surface area contributed by atoms with Gasteiger partial charge in [0.15, 0.2) is 0 Å². The molecule has 0 unspecified atom stereocenters. The zero-order chi connectivity index (χ0) is 13.0. The number of aldehydes is 1. The van der Waals surface area contributed by atoms with Gasteiger partial charge in [0, 0.05) is 0 Å². The number of hydrogen-bond donors (Lipinski definition) is 0. The van der Waals surface area contributed by atoms with Crippen molar-refractivity contribution < 1.29 is 14.3 Å². The van der Waals surface area contributed by atoms with Gasteiger partial charge in [0.25, 0.3) is 0 Å². The Morgan fingerprint density at radius 2 is 1.83 bits per heavy atom. The van der Waals surface area contributed by atoms with E-state index in [4.69, 9.17) is 0 Å². The van der Waals surface area contributed by atoms with Crippen LogP contribution in [-0.2, 0) is 9.53 Å². The highest BCUT2D eigenvalue weighted by Crippen LogP contribution is 2.19. The first-order chi connectivity index (χ1) is 8.74.